The molecule has 8 nitrogen and oxygen atoms in total. The molecule has 1 aromatic heterocycles. The summed E-state index contributed by atoms with van der Waals surface area (Å²) in [4.78, 5) is 32.4. The van der Waals surface area contributed by atoms with Gasteiger partial charge in [0.2, 0.25) is 0 Å². The molecule has 44 heavy (non-hydrogen) atoms. The molecule has 0 fully saturated rings. The SMILES string of the molecule is CCOC(=O)C1=C(C)N=c2s/c(=C/c3ccc(OCc4cccc(Cl)c4)cc3)c(=O)n2[C@H]1c1ccc(OC(C)C)c(OC)c1. The zero-order chi connectivity index (χ0) is 31.4. The van der Waals surface area contributed by atoms with Gasteiger partial charge in [-0.05, 0) is 86.9 Å². The molecule has 3 aromatic carbocycles. The molecule has 1 atom stereocenters. The van der Waals surface area contributed by atoms with Crippen molar-refractivity contribution in [2.75, 3.05) is 13.7 Å². The molecule has 0 saturated heterocycles. The quantitative estimate of drug-likeness (QED) is 0.205. The second-order valence-corrected chi connectivity index (χ2v) is 11.8. The molecule has 10 heteroatoms. The van der Waals surface area contributed by atoms with Gasteiger partial charge in [0.1, 0.15) is 12.4 Å². The number of ether oxygens (including phenoxy) is 4. The van der Waals surface area contributed by atoms with Crippen LogP contribution in [0.1, 0.15) is 50.4 Å². The highest BCUT2D eigenvalue weighted by molar-refractivity contribution is 7.07. The first kappa shape index (κ1) is 31.1. The van der Waals surface area contributed by atoms with Gasteiger partial charge in [0.15, 0.2) is 16.3 Å². The van der Waals surface area contributed by atoms with Gasteiger partial charge >= 0.3 is 5.97 Å². The molecule has 4 aromatic rings. The number of nitrogens with zero attached hydrogens (tertiary/aromatic N) is 2. The zero-order valence-corrected chi connectivity index (χ0v) is 26.7. The zero-order valence-electron chi connectivity index (χ0n) is 25.1. The minimum Gasteiger partial charge on any atom is -0.493 e. The van der Waals surface area contributed by atoms with Crippen molar-refractivity contribution in [3.63, 3.8) is 0 Å². The Balaban J connectivity index is 1.52. The minimum absolute atomic E-state index is 0.0618. The normalized spacial score (nSPS) is 14.7. The lowest BCUT2D eigenvalue weighted by molar-refractivity contribution is -0.139. The molecule has 0 N–H and O–H groups in total. The Morgan fingerprint density at radius 1 is 1.09 bits per heavy atom. The lowest BCUT2D eigenvalue weighted by Gasteiger charge is -2.25. The molecular weight excluding hydrogens is 600 g/mol. The summed E-state index contributed by atoms with van der Waals surface area (Å²) in [6.45, 7) is 7.93. The van der Waals surface area contributed by atoms with Crippen LogP contribution in [0.4, 0.5) is 0 Å². The molecule has 0 bridgehead atoms. The van der Waals surface area contributed by atoms with E-state index in [1.807, 2.05) is 74.5 Å². The number of benzene rings is 3. The van der Waals surface area contributed by atoms with E-state index >= 15 is 0 Å². The van der Waals surface area contributed by atoms with Crippen molar-refractivity contribution < 1.29 is 23.7 Å². The van der Waals surface area contributed by atoms with Gasteiger partial charge in [-0.3, -0.25) is 9.36 Å². The summed E-state index contributed by atoms with van der Waals surface area (Å²) >= 11 is 7.33. The molecule has 0 radical (unpaired) electrons. The summed E-state index contributed by atoms with van der Waals surface area (Å²) < 4.78 is 24.9. The summed E-state index contributed by atoms with van der Waals surface area (Å²) in [7, 11) is 1.55. The summed E-state index contributed by atoms with van der Waals surface area (Å²) in [6.07, 6.45) is 1.75. The Labute approximate surface area is 264 Å². The highest BCUT2D eigenvalue weighted by Gasteiger charge is 2.34. The van der Waals surface area contributed by atoms with E-state index in [1.54, 1.807) is 37.7 Å². The number of hydrogen-bond acceptors (Lipinski definition) is 8. The van der Waals surface area contributed by atoms with Gasteiger partial charge in [-0.25, -0.2) is 9.79 Å². The number of carbonyl (C=O) groups excluding carboxylic acids is 1. The van der Waals surface area contributed by atoms with Crippen LogP contribution in [0, 0.1) is 0 Å². The fraction of sp³-hybridized carbons (Fsp3) is 0.265. The Morgan fingerprint density at radius 3 is 2.55 bits per heavy atom. The van der Waals surface area contributed by atoms with Gasteiger partial charge < -0.3 is 18.9 Å². The van der Waals surface area contributed by atoms with E-state index in [9.17, 15) is 9.59 Å². The van der Waals surface area contributed by atoms with Crippen LogP contribution in [0.2, 0.25) is 5.02 Å². The van der Waals surface area contributed by atoms with Crippen molar-refractivity contribution in [3.05, 3.63) is 119 Å². The van der Waals surface area contributed by atoms with Crippen LogP contribution in [0.3, 0.4) is 0 Å². The van der Waals surface area contributed by atoms with Crippen LogP contribution in [0.15, 0.2) is 87.8 Å². The number of esters is 1. The second-order valence-electron chi connectivity index (χ2n) is 10.4. The van der Waals surface area contributed by atoms with Crippen molar-refractivity contribution in [1.29, 1.82) is 0 Å². The highest BCUT2D eigenvalue weighted by Crippen LogP contribution is 2.36. The summed E-state index contributed by atoms with van der Waals surface area (Å²) in [5, 5.41) is 0.658. The molecule has 0 amide bonds. The van der Waals surface area contributed by atoms with E-state index in [1.165, 1.54) is 11.3 Å². The Morgan fingerprint density at radius 2 is 1.86 bits per heavy atom. The number of rotatable bonds is 10. The number of halogens is 1. The van der Waals surface area contributed by atoms with Crippen LogP contribution in [-0.2, 0) is 16.1 Å². The summed E-state index contributed by atoms with van der Waals surface area (Å²) in [5.74, 6) is 1.23. The molecule has 0 unspecified atom stereocenters. The standard InChI is InChI=1S/C34H33ClN2O6S/c1-6-41-33(39)30-21(4)36-34-37(31(30)24-12-15-27(43-20(2)3)28(18-24)40-5)32(38)29(44-34)17-22-10-13-26(14-11-22)42-19-23-8-7-9-25(35)16-23/h7-18,20,31H,6,19H2,1-5H3/b29-17+/t31-/m0/s1. The Hall–Kier alpha value is -4.34. The smallest absolute Gasteiger partial charge is 0.338 e. The maximum atomic E-state index is 14.0. The van der Waals surface area contributed by atoms with Crippen molar-refractivity contribution >= 4 is 35.0 Å². The fourth-order valence-corrected chi connectivity index (χ4v) is 6.18. The maximum Gasteiger partial charge on any atom is 0.338 e. The van der Waals surface area contributed by atoms with Gasteiger partial charge in [0, 0.05) is 5.02 Å². The average Bonchev–Trinajstić information content (AvgIpc) is 3.30. The molecule has 1 aliphatic heterocycles. The molecule has 5 rings (SSSR count). The lowest BCUT2D eigenvalue weighted by atomic mass is 9.95. The number of allylic oxidation sites excluding steroid dienone is 1. The Bertz CT molecular complexity index is 1890. The van der Waals surface area contributed by atoms with Crippen LogP contribution < -0.4 is 29.1 Å². The number of thiazole rings is 1. The summed E-state index contributed by atoms with van der Waals surface area (Å²) in [5.41, 5.74) is 2.98. The highest BCUT2D eigenvalue weighted by atomic mass is 35.5. The topological polar surface area (TPSA) is 88.4 Å². The number of methoxy groups -OCH3 is 1. The molecule has 0 saturated carbocycles. The third-order valence-corrected chi connectivity index (χ3v) is 8.07. The van der Waals surface area contributed by atoms with E-state index in [0.29, 0.717) is 55.0 Å². The van der Waals surface area contributed by atoms with E-state index in [0.717, 1.165) is 11.1 Å². The average molecular weight is 633 g/mol. The molecule has 0 aliphatic carbocycles. The third kappa shape index (κ3) is 6.74. The first-order valence-corrected chi connectivity index (χ1v) is 15.4. The largest absolute Gasteiger partial charge is 0.493 e. The maximum absolute atomic E-state index is 14.0. The van der Waals surface area contributed by atoms with Crippen LogP contribution in [0.5, 0.6) is 17.2 Å². The van der Waals surface area contributed by atoms with E-state index < -0.39 is 12.0 Å². The predicted molar refractivity (Wildman–Crippen MR) is 171 cm³/mol. The van der Waals surface area contributed by atoms with E-state index in [-0.39, 0.29) is 18.3 Å². The fourth-order valence-electron chi connectivity index (χ4n) is 4.92. The number of carbonyl (C=O) groups is 1. The van der Waals surface area contributed by atoms with Crippen LogP contribution in [0.25, 0.3) is 6.08 Å². The van der Waals surface area contributed by atoms with Gasteiger partial charge in [0.05, 0.1) is 41.7 Å². The van der Waals surface area contributed by atoms with Gasteiger partial charge in [0.25, 0.3) is 5.56 Å². The van der Waals surface area contributed by atoms with Crippen LogP contribution in [-0.4, -0.2) is 30.4 Å². The first-order chi connectivity index (χ1) is 21.2. The van der Waals surface area contributed by atoms with Crippen molar-refractivity contribution in [1.82, 2.24) is 4.57 Å². The van der Waals surface area contributed by atoms with Gasteiger partial charge in [-0.1, -0.05) is 53.3 Å². The number of hydrogen-bond donors (Lipinski definition) is 0. The number of aromatic nitrogens is 1. The molecule has 1 aliphatic rings. The first-order valence-electron chi connectivity index (χ1n) is 14.2. The summed E-state index contributed by atoms with van der Waals surface area (Å²) in [6, 6.07) is 19.6. The predicted octanol–water partition coefficient (Wildman–Crippen LogP) is 5.83. The van der Waals surface area contributed by atoms with E-state index in [4.69, 9.17) is 30.5 Å². The molecule has 228 valence electrons. The third-order valence-electron chi connectivity index (χ3n) is 6.86. The monoisotopic (exact) mass is 632 g/mol. The van der Waals surface area contributed by atoms with Gasteiger partial charge in [-0.15, -0.1) is 0 Å². The lowest BCUT2D eigenvalue weighted by Crippen LogP contribution is -2.40. The molecular formula is C34H33ClN2O6S. The van der Waals surface area contributed by atoms with Crippen molar-refractivity contribution in [2.24, 2.45) is 4.99 Å². The number of fused-ring (bicyclic) bond motifs is 1. The van der Waals surface area contributed by atoms with Crippen LogP contribution >= 0.6 is 22.9 Å². The van der Waals surface area contributed by atoms with Crippen molar-refractivity contribution in [2.45, 2.75) is 46.4 Å². The second kappa shape index (κ2) is 13.5. The van der Waals surface area contributed by atoms with Crippen molar-refractivity contribution in [3.8, 4) is 17.2 Å². The van der Waals surface area contributed by atoms with Gasteiger partial charge in [-0.2, -0.15) is 0 Å². The van der Waals surface area contributed by atoms with E-state index in [2.05, 4.69) is 4.99 Å². The minimum atomic E-state index is -0.767. The Kier molecular flexibility index (Phi) is 9.56. The molecule has 2 heterocycles. The molecule has 0 spiro atoms.